The Morgan fingerprint density at radius 2 is 2.23 bits per heavy atom. The normalized spacial score (nSPS) is 10.2. The van der Waals surface area contributed by atoms with Gasteiger partial charge in [0.15, 0.2) is 0 Å². The molecule has 0 aromatic carbocycles. The SMILES string of the molecule is O=S(=O)([O-])CNc1cccnc1.[Na+]. The van der Waals surface area contributed by atoms with Gasteiger partial charge in [-0.1, -0.05) is 0 Å². The van der Waals surface area contributed by atoms with Crippen LogP contribution < -0.4 is 34.9 Å². The molecule has 0 aliphatic carbocycles. The van der Waals surface area contributed by atoms with Crippen LogP contribution in [0, 0.1) is 0 Å². The third-order valence-corrected chi connectivity index (χ3v) is 1.61. The number of hydrogen-bond acceptors (Lipinski definition) is 5. The molecule has 0 saturated carbocycles. The molecule has 5 nitrogen and oxygen atoms in total. The van der Waals surface area contributed by atoms with Crippen LogP contribution in [-0.2, 0) is 10.1 Å². The maximum Gasteiger partial charge on any atom is 1.00 e. The molecule has 1 rings (SSSR count). The van der Waals surface area contributed by atoms with Gasteiger partial charge in [-0.15, -0.1) is 0 Å². The summed E-state index contributed by atoms with van der Waals surface area (Å²) in [7, 11) is -4.21. The molecule has 0 amide bonds. The quantitative estimate of drug-likeness (QED) is 0.424. The Morgan fingerprint density at radius 3 is 2.69 bits per heavy atom. The number of pyridine rings is 1. The van der Waals surface area contributed by atoms with E-state index in [1.807, 2.05) is 0 Å². The van der Waals surface area contributed by atoms with Gasteiger partial charge in [-0.3, -0.25) is 4.98 Å². The number of hydrogen-bond donors (Lipinski definition) is 1. The Hall–Kier alpha value is -0.140. The van der Waals surface area contributed by atoms with Gasteiger partial charge in [0.25, 0.3) is 0 Å². The summed E-state index contributed by atoms with van der Waals surface area (Å²) in [4.78, 5) is 3.73. The summed E-state index contributed by atoms with van der Waals surface area (Å²) < 4.78 is 30.5. The van der Waals surface area contributed by atoms with Crippen molar-refractivity contribution in [2.45, 2.75) is 0 Å². The maximum atomic E-state index is 10.2. The smallest absolute Gasteiger partial charge is 0.747 e. The molecule has 0 saturated heterocycles. The Balaban J connectivity index is 0.00000144. The fourth-order valence-electron chi connectivity index (χ4n) is 0.639. The molecule has 1 aromatic rings. The number of nitrogens with one attached hydrogen (secondary N) is 1. The zero-order chi connectivity index (χ0) is 9.03. The fraction of sp³-hybridized carbons (Fsp3) is 0.167. The van der Waals surface area contributed by atoms with E-state index < -0.39 is 16.0 Å². The zero-order valence-electron chi connectivity index (χ0n) is 7.10. The summed E-state index contributed by atoms with van der Waals surface area (Å²) in [6, 6.07) is 3.26. The molecule has 0 spiro atoms. The van der Waals surface area contributed by atoms with Crippen LogP contribution in [0.5, 0.6) is 0 Å². The summed E-state index contributed by atoms with van der Waals surface area (Å²) >= 11 is 0. The Bertz CT molecular complexity index is 340. The van der Waals surface area contributed by atoms with E-state index in [1.165, 1.54) is 6.20 Å². The first-order valence-corrected chi connectivity index (χ1v) is 4.73. The third kappa shape index (κ3) is 6.00. The first-order valence-electron chi connectivity index (χ1n) is 3.15. The van der Waals surface area contributed by atoms with Gasteiger partial charge in [-0.2, -0.15) is 0 Å². The molecule has 0 atom stereocenters. The Kier molecular flexibility index (Phi) is 5.50. The van der Waals surface area contributed by atoms with Crippen molar-refractivity contribution in [3.63, 3.8) is 0 Å². The molecular weight excluding hydrogens is 203 g/mol. The van der Waals surface area contributed by atoms with Crippen molar-refractivity contribution in [1.29, 1.82) is 0 Å². The van der Waals surface area contributed by atoms with Gasteiger partial charge in [0.2, 0.25) is 0 Å². The molecule has 0 radical (unpaired) electrons. The first kappa shape index (κ1) is 12.9. The fourth-order valence-corrected chi connectivity index (χ4v) is 0.982. The second kappa shape index (κ2) is 5.56. The van der Waals surface area contributed by atoms with Crippen LogP contribution in [0.1, 0.15) is 0 Å². The Labute approximate surface area is 98.6 Å². The molecule has 7 heteroatoms. The predicted octanol–water partition coefficient (Wildman–Crippen LogP) is -3.00. The molecule has 0 fully saturated rings. The van der Waals surface area contributed by atoms with Crippen molar-refractivity contribution in [3.05, 3.63) is 24.5 Å². The van der Waals surface area contributed by atoms with E-state index in [-0.39, 0.29) is 29.6 Å². The van der Waals surface area contributed by atoms with E-state index in [0.717, 1.165) is 0 Å². The number of nitrogens with zero attached hydrogens (tertiary/aromatic N) is 1. The molecule has 1 N–H and O–H groups in total. The van der Waals surface area contributed by atoms with Crippen molar-refractivity contribution in [1.82, 2.24) is 4.98 Å². The van der Waals surface area contributed by atoms with Crippen molar-refractivity contribution in [2.24, 2.45) is 0 Å². The van der Waals surface area contributed by atoms with E-state index in [4.69, 9.17) is 0 Å². The van der Waals surface area contributed by atoms with Gasteiger partial charge in [-0.05, 0) is 12.1 Å². The van der Waals surface area contributed by atoms with Crippen LogP contribution in [0.2, 0.25) is 0 Å². The third-order valence-electron chi connectivity index (χ3n) is 1.11. The topological polar surface area (TPSA) is 82.1 Å². The maximum absolute atomic E-state index is 10.2. The molecule has 0 aliphatic heterocycles. The summed E-state index contributed by atoms with van der Waals surface area (Å²) in [5.41, 5.74) is 0.511. The van der Waals surface area contributed by atoms with Crippen LogP contribution in [0.15, 0.2) is 24.5 Å². The first-order chi connectivity index (χ1) is 5.58. The molecule has 1 heterocycles. The average Bonchev–Trinajstić information content (AvgIpc) is 2.02. The van der Waals surface area contributed by atoms with Crippen LogP contribution in [0.3, 0.4) is 0 Å². The van der Waals surface area contributed by atoms with Crippen molar-refractivity contribution in [3.8, 4) is 0 Å². The average molecular weight is 210 g/mol. The molecule has 0 bridgehead atoms. The summed E-state index contributed by atoms with van der Waals surface area (Å²) in [6.45, 7) is 0. The molecule has 1 aromatic heterocycles. The van der Waals surface area contributed by atoms with E-state index in [2.05, 4.69) is 10.3 Å². The van der Waals surface area contributed by atoms with Gasteiger partial charge < -0.3 is 9.87 Å². The van der Waals surface area contributed by atoms with E-state index >= 15 is 0 Å². The summed E-state index contributed by atoms with van der Waals surface area (Å²) in [5, 5.41) is 2.42. The molecule has 0 aliphatic rings. The van der Waals surface area contributed by atoms with E-state index in [1.54, 1.807) is 18.3 Å². The van der Waals surface area contributed by atoms with Gasteiger partial charge in [-0.25, -0.2) is 8.42 Å². The van der Waals surface area contributed by atoms with Crippen LogP contribution >= 0.6 is 0 Å². The van der Waals surface area contributed by atoms with Crippen molar-refractivity contribution < 1.29 is 42.5 Å². The van der Waals surface area contributed by atoms with E-state index in [9.17, 15) is 13.0 Å². The minimum atomic E-state index is -4.21. The van der Waals surface area contributed by atoms with Crippen LogP contribution in [0.4, 0.5) is 5.69 Å². The number of aromatic nitrogens is 1. The second-order valence-electron chi connectivity index (χ2n) is 2.12. The monoisotopic (exact) mass is 210 g/mol. The summed E-state index contributed by atoms with van der Waals surface area (Å²) in [6.07, 6.45) is 2.99. The summed E-state index contributed by atoms with van der Waals surface area (Å²) in [5.74, 6) is -0.612. The molecule has 66 valence electrons. The zero-order valence-corrected chi connectivity index (χ0v) is 9.91. The standard InChI is InChI=1S/C6H8N2O3S.Na/c9-12(10,11)5-8-6-2-1-3-7-4-6;/h1-4,8H,5H2,(H,9,10,11);/q;+1/p-1. The largest absolute Gasteiger partial charge is 1.00 e. The van der Waals surface area contributed by atoms with Gasteiger partial charge in [0, 0.05) is 12.4 Å². The molecular formula is C6H7N2NaO3S. The van der Waals surface area contributed by atoms with Crippen molar-refractivity contribution in [2.75, 3.05) is 11.2 Å². The van der Waals surface area contributed by atoms with E-state index in [0.29, 0.717) is 5.69 Å². The number of anilines is 1. The van der Waals surface area contributed by atoms with Gasteiger partial charge in [0.05, 0.1) is 5.69 Å². The Morgan fingerprint density at radius 1 is 1.54 bits per heavy atom. The van der Waals surface area contributed by atoms with Crippen LogP contribution in [-0.4, -0.2) is 23.8 Å². The minimum absolute atomic E-state index is 0. The van der Waals surface area contributed by atoms with Crippen LogP contribution in [0.25, 0.3) is 0 Å². The van der Waals surface area contributed by atoms with Gasteiger partial charge in [0.1, 0.15) is 16.0 Å². The second-order valence-corrected chi connectivity index (χ2v) is 3.52. The predicted molar refractivity (Wildman–Crippen MR) is 42.4 cm³/mol. The number of rotatable bonds is 3. The van der Waals surface area contributed by atoms with Crippen molar-refractivity contribution >= 4 is 15.8 Å². The molecule has 0 unspecified atom stereocenters. The van der Waals surface area contributed by atoms with Gasteiger partial charge >= 0.3 is 29.6 Å². The minimum Gasteiger partial charge on any atom is -0.747 e. The molecule has 13 heavy (non-hydrogen) atoms.